The molecule has 3 aromatic carbocycles. The molecular formula is C23H18ClN3O3S. The predicted molar refractivity (Wildman–Crippen MR) is 123 cm³/mol. The van der Waals surface area contributed by atoms with Gasteiger partial charge >= 0.3 is 0 Å². The first-order valence-corrected chi connectivity index (χ1v) is 10.8. The van der Waals surface area contributed by atoms with Crippen LogP contribution in [0, 0.1) is 0 Å². The number of ether oxygens (including phenoxy) is 1. The number of halogens is 1. The molecule has 0 atom stereocenters. The van der Waals surface area contributed by atoms with Gasteiger partial charge in [-0.15, -0.1) is 0 Å². The van der Waals surface area contributed by atoms with Crippen molar-refractivity contribution in [1.82, 2.24) is 10.4 Å². The highest BCUT2D eigenvalue weighted by Crippen LogP contribution is 2.22. The van der Waals surface area contributed by atoms with E-state index in [9.17, 15) is 4.79 Å². The summed E-state index contributed by atoms with van der Waals surface area (Å²) in [5.41, 5.74) is 5.84. The van der Waals surface area contributed by atoms with E-state index in [-0.39, 0.29) is 11.7 Å². The third-order valence-electron chi connectivity index (χ3n) is 4.20. The van der Waals surface area contributed by atoms with Crippen molar-refractivity contribution in [3.05, 3.63) is 88.9 Å². The van der Waals surface area contributed by atoms with Crippen molar-refractivity contribution in [2.45, 2.75) is 11.8 Å². The number of oxazole rings is 1. The Morgan fingerprint density at radius 2 is 1.87 bits per heavy atom. The maximum atomic E-state index is 12.0. The maximum Gasteiger partial charge on any atom is 0.257 e. The average Bonchev–Trinajstić information content (AvgIpc) is 3.21. The summed E-state index contributed by atoms with van der Waals surface area (Å²) in [7, 11) is 0. The molecule has 0 aliphatic rings. The van der Waals surface area contributed by atoms with Crippen molar-refractivity contribution >= 4 is 46.6 Å². The number of benzene rings is 3. The highest BCUT2D eigenvalue weighted by molar-refractivity contribution is 7.99. The van der Waals surface area contributed by atoms with E-state index in [1.807, 2.05) is 72.8 Å². The summed E-state index contributed by atoms with van der Waals surface area (Å²) in [5.74, 6) is 0.652. The number of carbonyl (C=O) groups excluding carboxylic acids is 1. The van der Waals surface area contributed by atoms with E-state index in [4.69, 9.17) is 20.8 Å². The molecule has 8 heteroatoms. The van der Waals surface area contributed by atoms with Crippen molar-refractivity contribution in [2.75, 3.05) is 5.75 Å². The van der Waals surface area contributed by atoms with E-state index in [0.29, 0.717) is 22.4 Å². The van der Waals surface area contributed by atoms with Crippen LogP contribution in [0.15, 0.2) is 87.5 Å². The smallest absolute Gasteiger partial charge is 0.257 e. The van der Waals surface area contributed by atoms with Gasteiger partial charge in [-0.25, -0.2) is 10.4 Å². The average molecular weight is 452 g/mol. The van der Waals surface area contributed by atoms with Crippen molar-refractivity contribution in [3.8, 4) is 5.75 Å². The number of nitrogens with one attached hydrogen (secondary N) is 1. The zero-order valence-electron chi connectivity index (χ0n) is 16.3. The Balaban J connectivity index is 1.21. The molecule has 0 spiro atoms. The number of fused-ring (bicyclic) bond motifs is 1. The first-order chi connectivity index (χ1) is 15.2. The Bertz CT molecular complexity index is 1160. The van der Waals surface area contributed by atoms with Crippen LogP contribution in [0.3, 0.4) is 0 Å². The maximum absolute atomic E-state index is 12.0. The number of hydrogen-bond donors (Lipinski definition) is 1. The van der Waals surface area contributed by atoms with Crippen LogP contribution in [-0.2, 0) is 11.4 Å². The van der Waals surface area contributed by atoms with Gasteiger partial charge in [0.15, 0.2) is 5.58 Å². The van der Waals surface area contributed by atoms with Crippen molar-refractivity contribution in [2.24, 2.45) is 5.10 Å². The molecule has 1 aromatic heterocycles. The van der Waals surface area contributed by atoms with Gasteiger partial charge in [0.1, 0.15) is 17.9 Å². The molecule has 31 heavy (non-hydrogen) atoms. The summed E-state index contributed by atoms with van der Waals surface area (Å²) in [6.45, 7) is 0.457. The van der Waals surface area contributed by atoms with Gasteiger partial charge in [-0.3, -0.25) is 4.79 Å². The van der Waals surface area contributed by atoms with E-state index >= 15 is 0 Å². The molecule has 6 nitrogen and oxygen atoms in total. The molecule has 1 heterocycles. The number of carbonyl (C=O) groups is 1. The van der Waals surface area contributed by atoms with Gasteiger partial charge < -0.3 is 9.15 Å². The third-order valence-corrected chi connectivity index (χ3v) is 5.28. The van der Waals surface area contributed by atoms with Crippen LogP contribution in [0.25, 0.3) is 11.1 Å². The monoisotopic (exact) mass is 451 g/mol. The Kier molecular flexibility index (Phi) is 6.86. The molecule has 4 rings (SSSR count). The lowest BCUT2D eigenvalue weighted by molar-refractivity contribution is -0.118. The molecule has 4 aromatic rings. The number of hydrazone groups is 1. The molecule has 156 valence electrons. The fraction of sp³-hybridized carbons (Fsp3) is 0.0870. The van der Waals surface area contributed by atoms with Crippen LogP contribution >= 0.6 is 23.4 Å². The quantitative estimate of drug-likeness (QED) is 0.223. The van der Waals surface area contributed by atoms with Gasteiger partial charge in [-0.1, -0.05) is 47.6 Å². The number of hydrogen-bond acceptors (Lipinski definition) is 6. The molecule has 0 saturated heterocycles. The second kappa shape index (κ2) is 10.1. The molecule has 0 aliphatic carbocycles. The Labute approximate surface area is 188 Å². The molecule has 0 saturated carbocycles. The van der Waals surface area contributed by atoms with Gasteiger partial charge in [0, 0.05) is 5.02 Å². The Morgan fingerprint density at radius 1 is 1.10 bits per heavy atom. The lowest BCUT2D eigenvalue weighted by atomic mass is 10.2. The third kappa shape index (κ3) is 6.10. The molecule has 1 N–H and O–H groups in total. The van der Waals surface area contributed by atoms with Crippen LogP contribution in [-0.4, -0.2) is 22.9 Å². The number of nitrogens with zero attached hydrogens (tertiary/aromatic N) is 2. The van der Waals surface area contributed by atoms with Gasteiger partial charge in [-0.05, 0) is 59.7 Å². The SMILES string of the molecule is O=C(CSc1nc2ccccc2o1)N/N=C/c1ccc(OCc2ccc(Cl)cc2)cc1. The van der Waals surface area contributed by atoms with Crippen molar-refractivity contribution in [1.29, 1.82) is 0 Å². The molecule has 0 unspecified atom stereocenters. The topological polar surface area (TPSA) is 76.7 Å². The summed E-state index contributed by atoms with van der Waals surface area (Å²) in [6, 6.07) is 22.4. The molecule has 0 fully saturated rings. The summed E-state index contributed by atoms with van der Waals surface area (Å²) in [6.07, 6.45) is 1.57. The van der Waals surface area contributed by atoms with Gasteiger partial charge in [0.05, 0.1) is 12.0 Å². The fourth-order valence-corrected chi connectivity index (χ4v) is 3.41. The lowest BCUT2D eigenvalue weighted by Crippen LogP contribution is -2.19. The number of amides is 1. The summed E-state index contributed by atoms with van der Waals surface area (Å²) in [4.78, 5) is 16.3. The second-order valence-corrected chi connectivity index (χ2v) is 7.88. The Morgan fingerprint density at radius 3 is 2.65 bits per heavy atom. The van der Waals surface area contributed by atoms with Crippen LogP contribution < -0.4 is 10.2 Å². The van der Waals surface area contributed by atoms with Crippen LogP contribution in [0.4, 0.5) is 0 Å². The van der Waals surface area contributed by atoms with E-state index in [1.165, 1.54) is 11.8 Å². The zero-order valence-corrected chi connectivity index (χ0v) is 17.9. The molecular weight excluding hydrogens is 434 g/mol. The van der Waals surface area contributed by atoms with E-state index in [1.54, 1.807) is 6.21 Å². The summed E-state index contributed by atoms with van der Waals surface area (Å²) >= 11 is 7.10. The van der Waals surface area contributed by atoms with Gasteiger partial charge in [0.2, 0.25) is 0 Å². The first-order valence-electron chi connectivity index (χ1n) is 9.43. The van der Waals surface area contributed by atoms with E-state index < -0.39 is 0 Å². The van der Waals surface area contributed by atoms with Crippen molar-refractivity contribution in [3.63, 3.8) is 0 Å². The molecule has 0 aliphatic heterocycles. The molecule has 0 radical (unpaired) electrons. The highest BCUT2D eigenvalue weighted by Gasteiger charge is 2.08. The number of rotatable bonds is 8. The second-order valence-electron chi connectivity index (χ2n) is 6.51. The van der Waals surface area contributed by atoms with Crippen LogP contribution in [0.2, 0.25) is 5.02 Å². The fourth-order valence-electron chi connectivity index (χ4n) is 2.65. The molecule has 0 bridgehead atoms. The lowest BCUT2D eigenvalue weighted by Gasteiger charge is -2.06. The zero-order chi connectivity index (χ0) is 21.5. The molecule has 1 amide bonds. The highest BCUT2D eigenvalue weighted by atomic mass is 35.5. The van der Waals surface area contributed by atoms with Gasteiger partial charge in [0.25, 0.3) is 11.1 Å². The first kappa shape index (κ1) is 21.0. The minimum atomic E-state index is -0.244. The minimum Gasteiger partial charge on any atom is -0.489 e. The standard InChI is InChI=1S/C23H18ClN3O3S/c24-18-9-5-17(6-10-18)14-29-19-11-7-16(8-12-19)13-25-27-22(28)15-31-23-26-20-3-1-2-4-21(20)30-23/h1-13H,14-15H2,(H,27,28)/b25-13+. The van der Waals surface area contributed by atoms with Crippen molar-refractivity contribution < 1.29 is 13.9 Å². The normalized spacial score (nSPS) is 11.1. The van der Waals surface area contributed by atoms with E-state index in [2.05, 4.69) is 15.5 Å². The Hall–Kier alpha value is -3.29. The number of aromatic nitrogens is 1. The summed E-state index contributed by atoms with van der Waals surface area (Å²) < 4.78 is 11.3. The number of thioether (sulfide) groups is 1. The predicted octanol–water partition coefficient (Wildman–Crippen LogP) is 5.30. The summed E-state index contributed by atoms with van der Waals surface area (Å²) in [5, 5.41) is 5.14. The minimum absolute atomic E-state index is 0.154. The van der Waals surface area contributed by atoms with Gasteiger partial charge in [-0.2, -0.15) is 5.10 Å². The largest absolute Gasteiger partial charge is 0.489 e. The number of para-hydroxylation sites is 2. The van der Waals surface area contributed by atoms with Crippen LogP contribution in [0.1, 0.15) is 11.1 Å². The van der Waals surface area contributed by atoms with Crippen LogP contribution in [0.5, 0.6) is 5.75 Å². The van der Waals surface area contributed by atoms with E-state index in [0.717, 1.165) is 22.4 Å².